The minimum atomic E-state index is -0.300. The molecule has 1 fully saturated rings. The van der Waals surface area contributed by atoms with Crippen molar-refractivity contribution in [3.8, 4) is 22.5 Å². The van der Waals surface area contributed by atoms with Crippen LogP contribution in [-0.2, 0) is 0 Å². The Bertz CT molecular complexity index is 1130. The highest BCUT2D eigenvalue weighted by Gasteiger charge is 2.22. The molecule has 0 radical (unpaired) electrons. The second-order valence-corrected chi connectivity index (χ2v) is 7.70. The van der Waals surface area contributed by atoms with Gasteiger partial charge in [0.15, 0.2) is 0 Å². The number of rotatable bonds is 3. The van der Waals surface area contributed by atoms with Crippen LogP contribution in [0.4, 0.5) is 4.39 Å². The van der Waals surface area contributed by atoms with E-state index in [1.807, 2.05) is 16.3 Å². The van der Waals surface area contributed by atoms with Crippen LogP contribution in [0.15, 0.2) is 42.0 Å². The summed E-state index contributed by atoms with van der Waals surface area (Å²) in [4.78, 5) is 8.80. The first-order valence-electron chi connectivity index (χ1n) is 8.96. The number of nitrogens with one attached hydrogen (secondary N) is 1. The molecular weight excluding hydrogens is 361 g/mol. The summed E-state index contributed by atoms with van der Waals surface area (Å²) in [6.07, 6.45) is 3.14. The van der Waals surface area contributed by atoms with E-state index in [9.17, 15) is 4.39 Å². The van der Waals surface area contributed by atoms with Crippen molar-refractivity contribution in [1.82, 2.24) is 25.1 Å². The average Bonchev–Trinajstić information content (AvgIpc) is 3.42. The number of pyridine rings is 1. The number of aryl methyl sites for hydroxylation is 1. The molecule has 5 rings (SSSR count). The molecule has 0 aliphatic carbocycles. The Balaban J connectivity index is 1.68. The maximum Gasteiger partial charge on any atom is 0.144 e. The SMILES string of the molecule is Cc1nc(-c2nn([C@@H]3CCNC3)cc2-c2ccc3ncsc3c2)ccc1F. The molecular formula is C20H18FN5S. The Hall–Kier alpha value is -2.64. The van der Waals surface area contributed by atoms with Gasteiger partial charge in [-0.2, -0.15) is 5.10 Å². The van der Waals surface area contributed by atoms with E-state index in [0.29, 0.717) is 17.4 Å². The van der Waals surface area contributed by atoms with Crippen LogP contribution in [0, 0.1) is 12.7 Å². The van der Waals surface area contributed by atoms with E-state index in [1.165, 1.54) is 6.07 Å². The summed E-state index contributed by atoms with van der Waals surface area (Å²) in [5.41, 5.74) is 6.79. The van der Waals surface area contributed by atoms with Gasteiger partial charge in [0.2, 0.25) is 0 Å². The zero-order valence-electron chi connectivity index (χ0n) is 14.8. The molecule has 5 nitrogen and oxygen atoms in total. The van der Waals surface area contributed by atoms with Gasteiger partial charge in [0.05, 0.1) is 33.2 Å². The van der Waals surface area contributed by atoms with Gasteiger partial charge in [0, 0.05) is 18.3 Å². The summed E-state index contributed by atoms with van der Waals surface area (Å²) in [7, 11) is 0. The highest BCUT2D eigenvalue weighted by Crippen LogP contribution is 2.34. The fourth-order valence-electron chi connectivity index (χ4n) is 3.54. The van der Waals surface area contributed by atoms with Crippen molar-refractivity contribution in [2.75, 3.05) is 13.1 Å². The molecule has 0 bridgehead atoms. The number of nitrogens with zero attached hydrogens (tertiary/aromatic N) is 4. The molecule has 0 saturated carbocycles. The largest absolute Gasteiger partial charge is 0.315 e. The molecule has 1 atom stereocenters. The molecule has 1 N–H and O–H groups in total. The lowest BCUT2D eigenvalue weighted by Crippen LogP contribution is -2.13. The van der Waals surface area contributed by atoms with E-state index in [-0.39, 0.29) is 5.82 Å². The highest BCUT2D eigenvalue weighted by molar-refractivity contribution is 7.16. The van der Waals surface area contributed by atoms with Crippen LogP contribution in [0.2, 0.25) is 0 Å². The van der Waals surface area contributed by atoms with Crippen LogP contribution in [0.25, 0.3) is 32.7 Å². The maximum absolute atomic E-state index is 13.7. The van der Waals surface area contributed by atoms with Gasteiger partial charge in [-0.15, -0.1) is 11.3 Å². The number of benzene rings is 1. The van der Waals surface area contributed by atoms with Crippen LogP contribution in [0.5, 0.6) is 0 Å². The molecule has 136 valence electrons. The van der Waals surface area contributed by atoms with Crippen LogP contribution in [-0.4, -0.2) is 32.8 Å². The Morgan fingerprint density at radius 2 is 2.19 bits per heavy atom. The second kappa shape index (κ2) is 6.51. The predicted molar refractivity (Wildman–Crippen MR) is 105 cm³/mol. The Labute approximate surface area is 159 Å². The van der Waals surface area contributed by atoms with Crippen LogP contribution in [0.3, 0.4) is 0 Å². The third kappa shape index (κ3) is 2.93. The first-order valence-corrected chi connectivity index (χ1v) is 9.84. The minimum absolute atomic E-state index is 0.300. The van der Waals surface area contributed by atoms with Gasteiger partial charge < -0.3 is 5.32 Å². The molecule has 1 aliphatic rings. The molecule has 0 amide bonds. The summed E-state index contributed by atoms with van der Waals surface area (Å²) in [5, 5.41) is 8.24. The van der Waals surface area contributed by atoms with Gasteiger partial charge >= 0.3 is 0 Å². The minimum Gasteiger partial charge on any atom is -0.315 e. The molecule has 3 aromatic heterocycles. The number of hydrogen-bond donors (Lipinski definition) is 1. The van der Waals surface area contributed by atoms with Crippen LogP contribution < -0.4 is 5.32 Å². The zero-order chi connectivity index (χ0) is 18.4. The summed E-state index contributed by atoms with van der Waals surface area (Å²) >= 11 is 1.62. The number of fused-ring (bicyclic) bond motifs is 1. The van der Waals surface area contributed by atoms with Gasteiger partial charge in [-0.25, -0.2) is 14.4 Å². The van der Waals surface area contributed by atoms with Crippen LogP contribution in [0.1, 0.15) is 18.2 Å². The third-order valence-electron chi connectivity index (χ3n) is 5.05. The first kappa shape index (κ1) is 16.5. The van der Waals surface area contributed by atoms with Crippen molar-refractivity contribution in [3.05, 3.63) is 53.6 Å². The Kier molecular flexibility index (Phi) is 3.98. The topological polar surface area (TPSA) is 55.6 Å². The summed E-state index contributed by atoms with van der Waals surface area (Å²) in [6, 6.07) is 9.73. The van der Waals surface area contributed by atoms with Crippen molar-refractivity contribution in [2.45, 2.75) is 19.4 Å². The van der Waals surface area contributed by atoms with Crippen LogP contribution >= 0.6 is 11.3 Å². The van der Waals surface area contributed by atoms with Crippen molar-refractivity contribution >= 4 is 21.6 Å². The number of halogens is 1. The fourth-order valence-corrected chi connectivity index (χ4v) is 4.26. The molecule has 1 saturated heterocycles. The summed E-state index contributed by atoms with van der Waals surface area (Å²) in [6.45, 7) is 3.58. The average molecular weight is 379 g/mol. The summed E-state index contributed by atoms with van der Waals surface area (Å²) in [5.74, 6) is -0.300. The quantitative estimate of drug-likeness (QED) is 0.580. The number of thiazole rings is 1. The van der Waals surface area contributed by atoms with E-state index in [4.69, 9.17) is 5.10 Å². The Morgan fingerprint density at radius 1 is 1.26 bits per heavy atom. The number of aromatic nitrogens is 4. The molecule has 1 aliphatic heterocycles. The van der Waals surface area contributed by atoms with E-state index < -0.39 is 0 Å². The molecule has 4 heterocycles. The molecule has 0 spiro atoms. The monoisotopic (exact) mass is 379 g/mol. The lowest BCUT2D eigenvalue weighted by Gasteiger charge is -2.08. The molecule has 7 heteroatoms. The lowest BCUT2D eigenvalue weighted by molar-refractivity contribution is 0.492. The zero-order valence-corrected chi connectivity index (χ0v) is 15.6. The third-order valence-corrected chi connectivity index (χ3v) is 5.84. The lowest BCUT2D eigenvalue weighted by atomic mass is 10.0. The molecule has 27 heavy (non-hydrogen) atoms. The molecule has 4 aromatic rings. The standard InChI is InChI=1S/C20H18FN5S/c1-12-16(21)3-5-18(24-12)20-15(10-26(25-20)14-6-7-22-9-14)13-2-4-17-19(8-13)27-11-23-17/h2-5,8,10-11,14,22H,6-7,9H2,1H3/t14-/m1/s1. The van der Waals surface area contributed by atoms with E-state index in [2.05, 4.69) is 33.6 Å². The maximum atomic E-state index is 13.7. The second-order valence-electron chi connectivity index (χ2n) is 6.82. The number of hydrogen-bond acceptors (Lipinski definition) is 5. The highest BCUT2D eigenvalue weighted by atomic mass is 32.1. The normalized spacial score (nSPS) is 17.0. The first-order chi connectivity index (χ1) is 13.2. The Morgan fingerprint density at radius 3 is 3.00 bits per heavy atom. The van der Waals surface area contributed by atoms with Gasteiger partial charge in [-0.3, -0.25) is 4.68 Å². The van der Waals surface area contributed by atoms with Crippen molar-refractivity contribution in [1.29, 1.82) is 0 Å². The van der Waals surface area contributed by atoms with Gasteiger partial charge in [0.25, 0.3) is 0 Å². The van der Waals surface area contributed by atoms with E-state index in [0.717, 1.165) is 46.5 Å². The van der Waals surface area contributed by atoms with Crippen molar-refractivity contribution in [3.63, 3.8) is 0 Å². The van der Waals surface area contributed by atoms with Gasteiger partial charge in [0.1, 0.15) is 11.5 Å². The smallest absolute Gasteiger partial charge is 0.144 e. The van der Waals surface area contributed by atoms with Crippen molar-refractivity contribution in [2.24, 2.45) is 0 Å². The fraction of sp³-hybridized carbons (Fsp3) is 0.250. The van der Waals surface area contributed by atoms with Gasteiger partial charge in [-0.05, 0) is 49.7 Å². The summed E-state index contributed by atoms with van der Waals surface area (Å²) < 4.78 is 16.9. The molecule has 0 unspecified atom stereocenters. The van der Waals surface area contributed by atoms with Gasteiger partial charge in [-0.1, -0.05) is 6.07 Å². The van der Waals surface area contributed by atoms with Crippen molar-refractivity contribution < 1.29 is 4.39 Å². The van der Waals surface area contributed by atoms with E-state index in [1.54, 1.807) is 24.3 Å². The molecule has 1 aromatic carbocycles. The van der Waals surface area contributed by atoms with E-state index >= 15 is 0 Å². The predicted octanol–water partition coefficient (Wildman–Crippen LogP) is 4.20.